The maximum absolute atomic E-state index is 12.5. The van der Waals surface area contributed by atoms with E-state index in [4.69, 9.17) is 21.1 Å². The first kappa shape index (κ1) is 19.1. The maximum Gasteiger partial charge on any atom is 0.338 e. The van der Waals surface area contributed by atoms with Crippen molar-refractivity contribution in [2.75, 3.05) is 20.3 Å². The molecule has 7 heteroatoms. The molecule has 27 heavy (non-hydrogen) atoms. The SMILES string of the molecule is COCCCN1C(=O)c2ccc(C(=O)OCc3ccccc3Cl)cc2C1=O. The largest absolute Gasteiger partial charge is 0.457 e. The number of hydrogen-bond donors (Lipinski definition) is 0. The zero-order chi connectivity index (χ0) is 19.4. The summed E-state index contributed by atoms with van der Waals surface area (Å²) in [6, 6.07) is 11.4. The van der Waals surface area contributed by atoms with E-state index in [1.54, 1.807) is 31.4 Å². The lowest BCUT2D eigenvalue weighted by atomic mass is 10.1. The molecule has 0 aromatic heterocycles. The van der Waals surface area contributed by atoms with Crippen molar-refractivity contribution in [2.24, 2.45) is 0 Å². The van der Waals surface area contributed by atoms with E-state index in [-0.39, 0.29) is 30.2 Å². The van der Waals surface area contributed by atoms with Crippen LogP contribution >= 0.6 is 11.6 Å². The number of hydrogen-bond acceptors (Lipinski definition) is 5. The smallest absolute Gasteiger partial charge is 0.338 e. The van der Waals surface area contributed by atoms with E-state index < -0.39 is 11.9 Å². The minimum absolute atomic E-state index is 0.0195. The molecule has 0 saturated heterocycles. The Morgan fingerprint density at radius 1 is 1.07 bits per heavy atom. The van der Waals surface area contributed by atoms with Gasteiger partial charge in [-0.2, -0.15) is 0 Å². The second-order valence-electron chi connectivity index (χ2n) is 6.04. The number of fused-ring (bicyclic) bond motifs is 1. The van der Waals surface area contributed by atoms with Crippen LogP contribution in [0.2, 0.25) is 5.02 Å². The summed E-state index contributed by atoms with van der Waals surface area (Å²) < 4.78 is 10.2. The summed E-state index contributed by atoms with van der Waals surface area (Å²) in [7, 11) is 1.56. The quantitative estimate of drug-likeness (QED) is 0.414. The average Bonchev–Trinajstić information content (AvgIpc) is 2.91. The van der Waals surface area contributed by atoms with Crippen LogP contribution in [0.25, 0.3) is 0 Å². The van der Waals surface area contributed by atoms with Crippen molar-refractivity contribution in [3.8, 4) is 0 Å². The molecule has 0 bridgehead atoms. The highest BCUT2D eigenvalue weighted by atomic mass is 35.5. The molecule has 1 aliphatic heterocycles. The van der Waals surface area contributed by atoms with Crippen LogP contribution in [0.15, 0.2) is 42.5 Å². The fraction of sp³-hybridized carbons (Fsp3) is 0.250. The molecule has 1 heterocycles. The van der Waals surface area contributed by atoms with Crippen molar-refractivity contribution in [2.45, 2.75) is 13.0 Å². The number of carbonyl (C=O) groups is 3. The van der Waals surface area contributed by atoms with Crippen LogP contribution in [0, 0.1) is 0 Å². The van der Waals surface area contributed by atoms with Crippen LogP contribution in [0.5, 0.6) is 0 Å². The number of imide groups is 1. The number of methoxy groups -OCH3 is 1. The summed E-state index contributed by atoms with van der Waals surface area (Å²) in [6.07, 6.45) is 0.550. The molecule has 2 aromatic rings. The van der Waals surface area contributed by atoms with Crippen LogP contribution in [-0.4, -0.2) is 42.9 Å². The lowest BCUT2D eigenvalue weighted by molar-refractivity contribution is 0.0472. The summed E-state index contributed by atoms with van der Waals surface area (Å²) in [5.41, 5.74) is 1.40. The Labute approximate surface area is 161 Å². The summed E-state index contributed by atoms with van der Waals surface area (Å²) in [5.74, 6) is -1.36. The van der Waals surface area contributed by atoms with Gasteiger partial charge in [-0.3, -0.25) is 14.5 Å². The molecule has 2 aromatic carbocycles. The van der Waals surface area contributed by atoms with Gasteiger partial charge in [0, 0.05) is 30.8 Å². The molecule has 0 aliphatic carbocycles. The van der Waals surface area contributed by atoms with Gasteiger partial charge in [0.05, 0.1) is 16.7 Å². The van der Waals surface area contributed by atoms with Gasteiger partial charge in [-0.1, -0.05) is 29.8 Å². The Morgan fingerprint density at radius 2 is 1.81 bits per heavy atom. The second-order valence-corrected chi connectivity index (χ2v) is 6.44. The normalized spacial score (nSPS) is 13.0. The van der Waals surface area contributed by atoms with Crippen molar-refractivity contribution in [3.63, 3.8) is 0 Å². The van der Waals surface area contributed by atoms with Crippen molar-refractivity contribution >= 4 is 29.4 Å². The van der Waals surface area contributed by atoms with Gasteiger partial charge in [0.15, 0.2) is 0 Å². The van der Waals surface area contributed by atoms with E-state index in [2.05, 4.69) is 0 Å². The van der Waals surface area contributed by atoms with E-state index in [9.17, 15) is 14.4 Å². The molecule has 3 rings (SSSR count). The summed E-state index contributed by atoms with van der Waals surface area (Å²) >= 11 is 6.05. The number of nitrogens with zero attached hydrogens (tertiary/aromatic N) is 1. The minimum Gasteiger partial charge on any atom is -0.457 e. The Balaban J connectivity index is 1.71. The lowest BCUT2D eigenvalue weighted by Crippen LogP contribution is -2.31. The van der Waals surface area contributed by atoms with E-state index in [0.29, 0.717) is 29.2 Å². The average molecular weight is 388 g/mol. The number of rotatable bonds is 7. The Bertz CT molecular complexity index is 896. The highest BCUT2D eigenvalue weighted by Gasteiger charge is 2.35. The molecule has 2 amide bonds. The maximum atomic E-state index is 12.5. The van der Waals surface area contributed by atoms with Crippen LogP contribution < -0.4 is 0 Å². The number of benzene rings is 2. The van der Waals surface area contributed by atoms with Gasteiger partial charge < -0.3 is 9.47 Å². The van der Waals surface area contributed by atoms with Gasteiger partial charge in [-0.05, 0) is 30.7 Å². The van der Waals surface area contributed by atoms with Gasteiger partial charge in [0.1, 0.15) is 6.61 Å². The Kier molecular flexibility index (Phi) is 5.88. The first-order chi connectivity index (χ1) is 13.0. The third-order valence-corrected chi connectivity index (χ3v) is 4.62. The van der Waals surface area contributed by atoms with Crippen molar-refractivity contribution in [3.05, 3.63) is 69.7 Å². The zero-order valence-electron chi connectivity index (χ0n) is 14.7. The minimum atomic E-state index is -0.587. The van der Waals surface area contributed by atoms with Crippen LogP contribution in [0.3, 0.4) is 0 Å². The predicted octanol–water partition coefficient (Wildman–Crippen LogP) is 3.33. The molecule has 0 saturated carbocycles. The molecule has 0 spiro atoms. The van der Waals surface area contributed by atoms with Crippen molar-refractivity contribution in [1.29, 1.82) is 0 Å². The summed E-state index contributed by atoms with van der Waals surface area (Å²) in [4.78, 5) is 38.3. The standard InChI is InChI=1S/C20H18ClNO5/c1-26-10-4-9-22-18(23)15-8-7-13(11-16(15)19(22)24)20(25)27-12-14-5-2-3-6-17(14)21/h2-3,5-8,11H,4,9-10,12H2,1H3. The van der Waals surface area contributed by atoms with Gasteiger partial charge in [-0.15, -0.1) is 0 Å². The van der Waals surface area contributed by atoms with Crippen molar-refractivity contribution in [1.82, 2.24) is 4.90 Å². The molecule has 0 unspecified atom stereocenters. The zero-order valence-corrected chi connectivity index (χ0v) is 15.5. The molecule has 0 N–H and O–H groups in total. The number of carbonyl (C=O) groups excluding carboxylic acids is 3. The predicted molar refractivity (Wildman–Crippen MR) is 98.9 cm³/mol. The molecule has 0 fully saturated rings. The topological polar surface area (TPSA) is 72.9 Å². The van der Waals surface area contributed by atoms with E-state index in [0.717, 1.165) is 0 Å². The monoisotopic (exact) mass is 387 g/mol. The number of esters is 1. The van der Waals surface area contributed by atoms with Gasteiger partial charge >= 0.3 is 5.97 Å². The fourth-order valence-electron chi connectivity index (χ4n) is 2.83. The van der Waals surface area contributed by atoms with E-state index >= 15 is 0 Å². The van der Waals surface area contributed by atoms with Gasteiger partial charge in [-0.25, -0.2) is 4.79 Å². The molecular weight excluding hydrogens is 370 g/mol. The van der Waals surface area contributed by atoms with Crippen LogP contribution in [0.1, 0.15) is 43.1 Å². The fourth-order valence-corrected chi connectivity index (χ4v) is 3.02. The molecule has 0 radical (unpaired) electrons. The molecule has 6 nitrogen and oxygen atoms in total. The van der Waals surface area contributed by atoms with E-state index in [1.807, 2.05) is 0 Å². The number of amides is 2. The first-order valence-electron chi connectivity index (χ1n) is 8.42. The third-order valence-electron chi connectivity index (χ3n) is 4.25. The lowest BCUT2D eigenvalue weighted by Gasteiger charge is -2.12. The Morgan fingerprint density at radius 3 is 2.56 bits per heavy atom. The molecule has 140 valence electrons. The Hall–Kier alpha value is -2.70. The van der Waals surface area contributed by atoms with E-state index in [1.165, 1.54) is 23.1 Å². The number of ether oxygens (including phenoxy) is 2. The van der Waals surface area contributed by atoms with Crippen molar-refractivity contribution < 1.29 is 23.9 Å². The highest BCUT2D eigenvalue weighted by molar-refractivity contribution is 6.31. The van der Waals surface area contributed by atoms with Crippen LogP contribution in [-0.2, 0) is 16.1 Å². The third kappa shape index (κ3) is 4.02. The van der Waals surface area contributed by atoms with Gasteiger partial charge in [0.25, 0.3) is 11.8 Å². The highest BCUT2D eigenvalue weighted by Crippen LogP contribution is 2.25. The van der Waals surface area contributed by atoms with Gasteiger partial charge in [0.2, 0.25) is 0 Å². The second kappa shape index (κ2) is 8.33. The molecule has 0 atom stereocenters. The number of halogens is 1. The molecule has 1 aliphatic rings. The summed E-state index contributed by atoms with van der Waals surface area (Å²) in [6.45, 7) is 0.741. The summed E-state index contributed by atoms with van der Waals surface area (Å²) in [5, 5.41) is 0.506. The first-order valence-corrected chi connectivity index (χ1v) is 8.80. The van der Waals surface area contributed by atoms with Crippen LogP contribution in [0.4, 0.5) is 0 Å². The molecular formula is C20H18ClNO5.